The first-order valence-corrected chi connectivity index (χ1v) is 9.28. The minimum Gasteiger partial charge on any atom is -0.494 e. The number of benzene rings is 1. The van der Waals surface area contributed by atoms with Gasteiger partial charge in [0.05, 0.1) is 12.4 Å². The number of ether oxygens (including phenoxy) is 1. The summed E-state index contributed by atoms with van der Waals surface area (Å²) in [5.74, 6) is -0.00629. The molecule has 22 heavy (non-hydrogen) atoms. The Labute approximate surface area is 131 Å². The van der Waals surface area contributed by atoms with E-state index in [1.165, 1.54) is 17.5 Å². The van der Waals surface area contributed by atoms with E-state index in [4.69, 9.17) is 4.74 Å². The largest absolute Gasteiger partial charge is 0.494 e. The molecule has 1 saturated carbocycles. The van der Waals surface area contributed by atoms with E-state index in [1.54, 1.807) is 6.07 Å². The van der Waals surface area contributed by atoms with Crippen LogP contribution in [0.2, 0.25) is 0 Å². The van der Waals surface area contributed by atoms with Gasteiger partial charge in [0.25, 0.3) is 0 Å². The summed E-state index contributed by atoms with van der Waals surface area (Å²) in [5.41, 5.74) is 1.72. The number of sulfonamides is 1. The van der Waals surface area contributed by atoms with Crippen molar-refractivity contribution < 1.29 is 17.5 Å². The molecule has 1 aromatic carbocycles. The van der Waals surface area contributed by atoms with Gasteiger partial charge in [0, 0.05) is 13.1 Å². The zero-order valence-electron chi connectivity index (χ0n) is 13.0. The highest BCUT2D eigenvalue weighted by molar-refractivity contribution is 7.89. The van der Waals surface area contributed by atoms with Crippen LogP contribution in [-0.4, -0.2) is 31.6 Å². The SMILES string of the molecule is COc1cc2c(cc1F)CN(S(=O)(=O)C1CCCC1C)CC2. The van der Waals surface area contributed by atoms with Crippen molar-refractivity contribution in [2.75, 3.05) is 13.7 Å². The number of halogens is 1. The van der Waals surface area contributed by atoms with Gasteiger partial charge in [-0.2, -0.15) is 4.31 Å². The van der Waals surface area contributed by atoms with E-state index in [0.717, 1.165) is 30.4 Å². The summed E-state index contributed by atoms with van der Waals surface area (Å²) in [6, 6.07) is 3.10. The average molecular weight is 327 g/mol. The predicted octanol–water partition coefficient (Wildman–Crippen LogP) is 2.71. The lowest BCUT2D eigenvalue weighted by Gasteiger charge is -2.31. The molecule has 1 heterocycles. The maximum Gasteiger partial charge on any atom is 0.217 e. The van der Waals surface area contributed by atoms with Crippen LogP contribution in [0.15, 0.2) is 12.1 Å². The highest BCUT2D eigenvalue weighted by atomic mass is 32.2. The summed E-state index contributed by atoms with van der Waals surface area (Å²) >= 11 is 0. The van der Waals surface area contributed by atoms with Crippen molar-refractivity contribution in [3.8, 4) is 5.75 Å². The van der Waals surface area contributed by atoms with Crippen LogP contribution in [0.3, 0.4) is 0 Å². The van der Waals surface area contributed by atoms with Gasteiger partial charge in [-0.3, -0.25) is 0 Å². The molecule has 1 aliphatic carbocycles. The lowest BCUT2D eigenvalue weighted by atomic mass is 10.0. The molecule has 0 aromatic heterocycles. The third-order valence-electron chi connectivity index (χ3n) is 4.98. The zero-order chi connectivity index (χ0) is 15.9. The van der Waals surface area contributed by atoms with E-state index >= 15 is 0 Å². The lowest BCUT2D eigenvalue weighted by Crippen LogP contribution is -2.42. The number of hydrogen-bond donors (Lipinski definition) is 0. The molecule has 2 atom stereocenters. The number of fused-ring (bicyclic) bond motifs is 1. The van der Waals surface area contributed by atoms with E-state index in [0.29, 0.717) is 13.0 Å². The molecule has 0 spiro atoms. The van der Waals surface area contributed by atoms with Crippen LogP contribution in [0.5, 0.6) is 5.75 Å². The highest BCUT2D eigenvalue weighted by Gasteiger charge is 2.39. The van der Waals surface area contributed by atoms with Gasteiger partial charge < -0.3 is 4.74 Å². The molecule has 0 amide bonds. The van der Waals surface area contributed by atoms with Gasteiger partial charge in [-0.25, -0.2) is 12.8 Å². The molecule has 0 saturated heterocycles. The van der Waals surface area contributed by atoms with E-state index in [-0.39, 0.29) is 23.5 Å². The summed E-state index contributed by atoms with van der Waals surface area (Å²) in [5, 5.41) is -0.280. The molecule has 2 aliphatic rings. The molecule has 1 aromatic rings. The quantitative estimate of drug-likeness (QED) is 0.857. The Balaban J connectivity index is 1.86. The van der Waals surface area contributed by atoms with Crippen molar-refractivity contribution in [3.05, 3.63) is 29.1 Å². The Morgan fingerprint density at radius 3 is 2.68 bits per heavy atom. The Kier molecular flexibility index (Phi) is 4.16. The van der Waals surface area contributed by atoms with Gasteiger partial charge in [0.1, 0.15) is 0 Å². The molecule has 0 bridgehead atoms. The molecule has 2 unspecified atom stereocenters. The topological polar surface area (TPSA) is 46.6 Å². The number of hydrogen-bond acceptors (Lipinski definition) is 3. The highest BCUT2D eigenvalue weighted by Crippen LogP contribution is 2.35. The van der Waals surface area contributed by atoms with Gasteiger partial charge >= 0.3 is 0 Å². The van der Waals surface area contributed by atoms with E-state index in [1.807, 2.05) is 6.92 Å². The summed E-state index contributed by atoms with van der Waals surface area (Å²) < 4.78 is 46.0. The molecule has 0 N–H and O–H groups in total. The second-order valence-electron chi connectivity index (χ2n) is 6.33. The fraction of sp³-hybridized carbons (Fsp3) is 0.625. The smallest absolute Gasteiger partial charge is 0.217 e. The molecule has 1 aliphatic heterocycles. The van der Waals surface area contributed by atoms with Crippen LogP contribution in [-0.2, 0) is 23.0 Å². The maximum atomic E-state index is 13.9. The maximum absolute atomic E-state index is 13.9. The van der Waals surface area contributed by atoms with Crippen LogP contribution >= 0.6 is 0 Å². The van der Waals surface area contributed by atoms with Crippen LogP contribution in [0.25, 0.3) is 0 Å². The molecular formula is C16H22FNO3S. The van der Waals surface area contributed by atoms with Crippen molar-refractivity contribution in [2.45, 2.75) is 44.4 Å². The van der Waals surface area contributed by atoms with Crippen molar-refractivity contribution in [2.24, 2.45) is 5.92 Å². The summed E-state index contributed by atoms with van der Waals surface area (Å²) in [4.78, 5) is 0. The second kappa shape index (κ2) is 5.81. The van der Waals surface area contributed by atoms with Crippen molar-refractivity contribution in [3.63, 3.8) is 0 Å². The van der Waals surface area contributed by atoms with E-state index in [2.05, 4.69) is 0 Å². The van der Waals surface area contributed by atoms with Crippen LogP contribution in [0, 0.1) is 11.7 Å². The first-order chi connectivity index (χ1) is 10.4. The average Bonchev–Trinajstić information content (AvgIpc) is 2.92. The van der Waals surface area contributed by atoms with Gasteiger partial charge in [-0.15, -0.1) is 0 Å². The lowest BCUT2D eigenvalue weighted by molar-refractivity contribution is 0.366. The first-order valence-electron chi connectivity index (χ1n) is 7.77. The minimum absolute atomic E-state index is 0.207. The Bertz CT molecular complexity index is 674. The van der Waals surface area contributed by atoms with Gasteiger partial charge in [0.2, 0.25) is 10.0 Å². The van der Waals surface area contributed by atoms with E-state index in [9.17, 15) is 12.8 Å². The first kappa shape index (κ1) is 15.7. The van der Waals surface area contributed by atoms with Gasteiger partial charge in [-0.05, 0) is 48.4 Å². The van der Waals surface area contributed by atoms with Gasteiger partial charge in [0.15, 0.2) is 11.6 Å². The predicted molar refractivity (Wildman–Crippen MR) is 82.8 cm³/mol. The monoisotopic (exact) mass is 327 g/mol. The summed E-state index contributed by atoms with van der Waals surface area (Å²) in [6.07, 6.45) is 3.29. The molecule has 1 fully saturated rings. The molecule has 3 rings (SSSR count). The molecule has 6 heteroatoms. The Hall–Kier alpha value is -1.14. The van der Waals surface area contributed by atoms with Crippen LogP contribution in [0.1, 0.15) is 37.3 Å². The normalized spacial score (nSPS) is 26.0. The summed E-state index contributed by atoms with van der Waals surface area (Å²) in [6.45, 7) is 2.74. The van der Waals surface area contributed by atoms with Crippen LogP contribution < -0.4 is 4.74 Å². The molecule has 0 radical (unpaired) electrons. The summed E-state index contributed by atoms with van der Waals surface area (Å²) in [7, 11) is -1.87. The zero-order valence-corrected chi connectivity index (χ0v) is 13.8. The fourth-order valence-electron chi connectivity index (χ4n) is 3.65. The molecule has 4 nitrogen and oxygen atoms in total. The van der Waals surface area contributed by atoms with Crippen molar-refractivity contribution in [1.82, 2.24) is 4.31 Å². The fourth-order valence-corrected chi connectivity index (χ4v) is 5.89. The third kappa shape index (κ3) is 2.63. The standard InChI is InChI=1S/C16H22FNO3S/c1-11-4-3-5-16(11)22(19,20)18-7-6-12-9-15(21-2)14(17)8-13(12)10-18/h8-9,11,16H,3-7,10H2,1-2H3. The Morgan fingerprint density at radius 2 is 2.05 bits per heavy atom. The van der Waals surface area contributed by atoms with E-state index < -0.39 is 15.8 Å². The number of nitrogens with zero attached hydrogens (tertiary/aromatic N) is 1. The minimum atomic E-state index is -3.30. The van der Waals surface area contributed by atoms with Crippen LogP contribution in [0.4, 0.5) is 4.39 Å². The second-order valence-corrected chi connectivity index (χ2v) is 8.48. The number of methoxy groups -OCH3 is 1. The molecular weight excluding hydrogens is 305 g/mol. The van der Waals surface area contributed by atoms with Crippen molar-refractivity contribution >= 4 is 10.0 Å². The van der Waals surface area contributed by atoms with Gasteiger partial charge in [-0.1, -0.05) is 13.3 Å². The third-order valence-corrected chi connectivity index (χ3v) is 7.47. The molecule has 122 valence electrons. The Morgan fingerprint density at radius 1 is 1.27 bits per heavy atom. The van der Waals surface area contributed by atoms with Crippen molar-refractivity contribution in [1.29, 1.82) is 0 Å². The number of rotatable bonds is 3.